The van der Waals surface area contributed by atoms with Crippen molar-refractivity contribution in [3.8, 4) is 0 Å². The minimum atomic E-state index is -1.86. The quantitative estimate of drug-likeness (QED) is 0.809. The van der Waals surface area contributed by atoms with Crippen LogP contribution in [0.2, 0.25) is 0 Å². The molecule has 1 amide bonds. The van der Waals surface area contributed by atoms with Crippen LogP contribution >= 0.6 is 0 Å². The summed E-state index contributed by atoms with van der Waals surface area (Å²) in [6, 6.07) is 12.6. The van der Waals surface area contributed by atoms with Gasteiger partial charge in [-0.15, -0.1) is 0 Å². The number of Topliss-reactive ketones (excluding diaryl/α,β-unsaturated/α-hetero) is 1. The maximum Gasteiger partial charge on any atom is 0.265 e. The van der Waals surface area contributed by atoms with Gasteiger partial charge in [0.25, 0.3) is 5.91 Å². The minimum absolute atomic E-state index is 0.254. The normalized spacial score (nSPS) is 25.0. The second-order valence-electron chi connectivity index (χ2n) is 7.72. The Morgan fingerprint density at radius 1 is 1.21 bits per heavy atom. The minimum Gasteiger partial charge on any atom is -0.375 e. The van der Waals surface area contributed by atoms with Gasteiger partial charge in [-0.25, -0.2) is 0 Å². The number of benzene rings is 1. The first-order valence-corrected chi connectivity index (χ1v) is 9.83. The Balaban J connectivity index is 1.63. The van der Waals surface area contributed by atoms with Crippen LogP contribution in [-0.4, -0.2) is 45.9 Å². The molecule has 1 aromatic heterocycles. The lowest BCUT2D eigenvalue weighted by molar-refractivity contribution is -0.136. The van der Waals surface area contributed by atoms with Gasteiger partial charge in [-0.1, -0.05) is 30.7 Å². The average molecular weight is 379 g/mol. The Kier molecular flexibility index (Phi) is 5.00. The third kappa shape index (κ3) is 3.23. The molecule has 0 radical (unpaired) electrons. The fourth-order valence-corrected chi connectivity index (χ4v) is 4.22. The smallest absolute Gasteiger partial charge is 0.265 e. The number of rotatable bonds is 5. The summed E-state index contributed by atoms with van der Waals surface area (Å²) >= 11 is 0. The highest BCUT2D eigenvalue weighted by atomic mass is 16.3. The van der Waals surface area contributed by atoms with E-state index in [-0.39, 0.29) is 17.9 Å². The van der Waals surface area contributed by atoms with Crippen LogP contribution in [0.15, 0.2) is 48.7 Å². The van der Waals surface area contributed by atoms with E-state index in [4.69, 9.17) is 0 Å². The van der Waals surface area contributed by atoms with Crippen molar-refractivity contribution in [2.75, 3.05) is 18.1 Å². The van der Waals surface area contributed by atoms with E-state index in [9.17, 15) is 14.7 Å². The summed E-state index contributed by atoms with van der Waals surface area (Å²) in [5, 5.41) is 11.4. The van der Waals surface area contributed by atoms with Crippen LogP contribution in [0.25, 0.3) is 0 Å². The van der Waals surface area contributed by atoms with Crippen molar-refractivity contribution in [2.45, 2.75) is 44.2 Å². The number of ketones is 1. The molecule has 0 aliphatic carbocycles. The molecule has 2 atom stereocenters. The lowest BCUT2D eigenvalue weighted by Gasteiger charge is -2.36. The lowest BCUT2D eigenvalue weighted by atomic mass is 9.89. The summed E-state index contributed by atoms with van der Waals surface area (Å²) in [5.74, 6) is -0.782. The van der Waals surface area contributed by atoms with Crippen molar-refractivity contribution in [1.82, 2.24) is 9.88 Å². The van der Waals surface area contributed by atoms with E-state index in [2.05, 4.69) is 16.8 Å². The van der Waals surface area contributed by atoms with E-state index >= 15 is 0 Å². The molecule has 3 heterocycles. The molecular formula is C22H25N3O3. The van der Waals surface area contributed by atoms with Gasteiger partial charge in [-0.3, -0.25) is 24.4 Å². The average Bonchev–Trinajstić information content (AvgIpc) is 2.92. The lowest BCUT2D eigenvalue weighted by Crippen LogP contribution is -2.49. The van der Waals surface area contributed by atoms with Gasteiger partial charge in [0.2, 0.25) is 0 Å². The van der Waals surface area contributed by atoms with Crippen molar-refractivity contribution in [3.63, 3.8) is 0 Å². The highest BCUT2D eigenvalue weighted by molar-refractivity contribution is 6.10. The van der Waals surface area contributed by atoms with Gasteiger partial charge in [0.15, 0.2) is 11.4 Å². The molecule has 2 unspecified atom stereocenters. The van der Waals surface area contributed by atoms with Gasteiger partial charge < -0.3 is 5.11 Å². The summed E-state index contributed by atoms with van der Waals surface area (Å²) in [5.41, 5.74) is -0.427. The zero-order chi connectivity index (χ0) is 19.7. The molecule has 2 aromatic rings. The molecule has 0 bridgehead atoms. The van der Waals surface area contributed by atoms with Gasteiger partial charge in [0, 0.05) is 24.3 Å². The highest BCUT2D eigenvalue weighted by Gasteiger charge is 2.51. The standard InChI is InChI=1S/C22H25N3O3/c1-16-8-5-7-13-24(16)15-25-19-11-3-2-9-17(19)22(28,21(25)27)14-20(26)18-10-4-6-12-23-18/h2-4,6,9-12,16,28H,5,7-8,13-15H2,1H3. The maximum absolute atomic E-state index is 13.3. The van der Waals surface area contributed by atoms with Crippen LogP contribution in [0, 0.1) is 0 Å². The number of aliphatic hydroxyl groups is 1. The van der Waals surface area contributed by atoms with Gasteiger partial charge in [0.05, 0.1) is 18.8 Å². The summed E-state index contributed by atoms with van der Waals surface area (Å²) in [4.78, 5) is 34.0. The molecule has 1 aromatic carbocycles. The zero-order valence-electron chi connectivity index (χ0n) is 16.0. The number of aromatic nitrogens is 1. The number of hydrogen-bond donors (Lipinski definition) is 1. The van der Waals surface area contributed by atoms with Gasteiger partial charge >= 0.3 is 0 Å². The van der Waals surface area contributed by atoms with E-state index in [1.165, 1.54) is 12.6 Å². The van der Waals surface area contributed by atoms with E-state index < -0.39 is 11.5 Å². The number of pyridine rings is 1. The number of piperidine rings is 1. The summed E-state index contributed by atoms with van der Waals surface area (Å²) < 4.78 is 0. The topological polar surface area (TPSA) is 73.7 Å². The van der Waals surface area contributed by atoms with Gasteiger partial charge in [-0.2, -0.15) is 0 Å². The number of anilines is 1. The van der Waals surface area contributed by atoms with Gasteiger partial charge in [-0.05, 0) is 38.0 Å². The molecular weight excluding hydrogens is 354 g/mol. The summed E-state index contributed by atoms with van der Waals surface area (Å²) in [6.07, 6.45) is 4.63. The third-order valence-electron chi connectivity index (χ3n) is 5.87. The molecule has 6 heteroatoms. The van der Waals surface area contributed by atoms with Crippen LogP contribution in [0.1, 0.15) is 48.7 Å². The zero-order valence-corrected chi connectivity index (χ0v) is 16.0. The van der Waals surface area contributed by atoms with Crippen LogP contribution in [0.3, 0.4) is 0 Å². The number of amides is 1. The predicted molar refractivity (Wildman–Crippen MR) is 106 cm³/mol. The number of nitrogens with zero attached hydrogens (tertiary/aromatic N) is 3. The highest BCUT2D eigenvalue weighted by Crippen LogP contribution is 2.43. The molecule has 28 heavy (non-hydrogen) atoms. The number of fused-ring (bicyclic) bond motifs is 1. The van der Waals surface area contributed by atoms with E-state index in [1.807, 2.05) is 12.1 Å². The molecule has 6 nitrogen and oxygen atoms in total. The fraction of sp³-hybridized carbons (Fsp3) is 0.409. The third-order valence-corrected chi connectivity index (χ3v) is 5.87. The van der Waals surface area contributed by atoms with Crippen LogP contribution in [-0.2, 0) is 10.4 Å². The monoisotopic (exact) mass is 379 g/mol. The van der Waals surface area contributed by atoms with Crippen molar-refractivity contribution in [3.05, 3.63) is 59.9 Å². The van der Waals surface area contributed by atoms with Gasteiger partial charge in [0.1, 0.15) is 5.69 Å². The first kappa shape index (κ1) is 18.8. The Morgan fingerprint density at radius 3 is 2.75 bits per heavy atom. The molecule has 2 aliphatic rings. The second-order valence-corrected chi connectivity index (χ2v) is 7.72. The first-order chi connectivity index (χ1) is 13.5. The molecule has 146 valence electrons. The number of carbonyl (C=O) groups excluding carboxylic acids is 2. The Morgan fingerprint density at radius 2 is 2.00 bits per heavy atom. The van der Waals surface area contributed by atoms with Crippen molar-refractivity contribution >= 4 is 17.4 Å². The number of likely N-dealkylation sites (tertiary alicyclic amines) is 1. The molecule has 1 saturated heterocycles. The predicted octanol–water partition coefficient (Wildman–Crippen LogP) is 2.72. The number of hydrogen-bond acceptors (Lipinski definition) is 5. The Labute approximate surface area is 164 Å². The summed E-state index contributed by atoms with van der Waals surface area (Å²) in [6.45, 7) is 3.53. The van der Waals surface area contributed by atoms with Crippen molar-refractivity contribution < 1.29 is 14.7 Å². The Hall–Kier alpha value is -2.57. The number of para-hydroxylation sites is 1. The largest absolute Gasteiger partial charge is 0.375 e. The van der Waals surface area contributed by atoms with Crippen molar-refractivity contribution in [2.24, 2.45) is 0 Å². The summed E-state index contributed by atoms with van der Waals surface area (Å²) in [7, 11) is 0. The van der Waals surface area contributed by atoms with E-state index in [0.717, 1.165) is 19.4 Å². The van der Waals surface area contributed by atoms with E-state index in [0.29, 0.717) is 24.0 Å². The van der Waals surface area contributed by atoms with E-state index in [1.54, 1.807) is 35.2 Å². The number of carbonyl (C=O) groups is 2. The molecule has 0 spiro atoms. The van der Waals surface area contributed by atoms with Crippen molar-refractivity contribution in [1.29, 1.82) is 0 Å². The molecule has 4 rings (SSSR count). The molecule has 2 aliphatic heterocycles. The SMILES string of the molecule is CC1CCCCN1CN1C(=O)C(O)(CC(=O)c2ccccn2)c2ccccc21. The van der Waals surface area contributed by atoms with Crippen LogP contribution in [0.4, 0.5) is 5.69 Å². The second kappa shape index (κ2) is 7.45. The Bertz CT molecular complexity index is 886. The maximum atomic E-state index is 13.3. The van der Waals surface area contributed by atoms with Crippen LogP contribution < -0.4 is 4.90 Å². The first-order valence-electron chi connectivity index (χ1n) is 9.83. The fourth-order valence-electron chi connectivity index (χ4n) is 4.22. The molecule has 1 N–H and O–H groups in total. The molecule has 1 fully saturated rings. The molecule has 0 saturated carbocycles. The van der Waals surface area contributed by atoms with Crippen LogP contribution in [0.5, 0.6) is 0 Å².